The number of carbonyl (C=O) groups is 3. The van der Waals surface area contributed by atoms with Crippen LogP contribution in [0.3, 0.4) is 0 Å². The Morgan fingerprint density at radius 2 is 2.00 bits per heavy atom. The van der Waals surface area contributed by atoms with E-state index in [9.17, 15) is 14.4 Å². The van der Waals surface area contributed by atoms with Crippen LogP contribution in [0.1, 0.15) is 18.9 Å². The fraction of sp³-hybridized carbons (Fsp3) is 0.214. The van der Waals surface area contributed by atoms with Crippen LogP contribution in [-0.2, 0) is 14.4 Å². The number of ether oxygens (including phenoxy) is 1. The van der Waals surface area contributed by atoms with E-state index in [0.29, 0.717) is 11.3 Å². The second-order valence-corrected chi connectivity index (χ2v) is 3.98. The third-order valence-electron chi connectivity index (χ3n) is 2.27. The number of hydrogen-bond donors (Lipinski definition) is 1. The predicted molar refractivity (Wildman–Crippen MR) is 75.2 cm³/mol. The minimum Gasteiger partial charge on any atom is -0.426 e. The number of amides is 1. The van der Waals surface area contributed by atoms with E-state index in [1.165, 1.54) is 19.1 Å². The minimum absolute atomic E-state index is 0.0629. The molecule has 2 radical (unpaired) electrons. The fourth-order valence-electron chi connectivity index (χ4n) is 1.40. The maximum absolute atomic E-state index is 11.6. The summed E-state index contributed by atoms with van der Waals surface area (Å²) in [4.78, 5) is 33.0. The lowest BCUT2D eigenvalue weighted by Gasteiger charge is -2.07. The Labute approximate surface area is 118 Å². The van der Waals surface area contributed by atoms with Crippen LogP contribution in [0.5, 0.6) is 5.75 Å². The molecule has 20 heavy (non-hydrogen) atoms. The fourth-order valence-corrected chi connectivity index (χ4v) is 1.40. The molecule has 0 aliphatic heterocycles. The van der Waals surface area contributed by atoms with E-state index in [-0.39, 0.29) is 18.9 Å². The van der Waals surface area contributed by atoms with Gasteiger partial charge in [-0.15, -0.1) is 0 Å². The van der Waals surface area contributed by atoms with Crippen molar-refractivity contribution in [2.24, 2.45) is 0 Å². The summed E-state index contributed by atoms with van der Waals surface area (Å²) in [5, 5.41) is 2.50. The van der Waals surface area contributed by atoms with Gasteiger partial charge in [0.25, 0.3) is 0 Å². The van der Waals surface area contributed by atoms with Crippen molar-refractivity contribution in [3.63, 3.8) is 0 Å². The molecule has 0 atom stereocenters. The van der Waals surface area contributed by atoms with Crippen molar-refractivity contribution in [2.45, 2.75) is 13.3 Å². The first-order chi connectivity index (χ1) is 9.49. The van der Waals surface area contributed by atoms with Gasteiger partial charge in [0.1, 0.15) is 5.75 Å². The predicted octanol–water partition coefficient (Wildman–Crippen LogP) is 0.826. The van der Waals surface area contributed by atoms with Gasteiger partial charge < -0.3 is 14.8 Å². The Bertz CT molecular complexity index is 540. The van der Waals surface area contributed by atoms with Gasteiger partial charge in [-0.2, -0.15) is 0 Å². The van der Waals surface area contributed by atoms with E-state index in [2.05, 4.69) is 5.32 Å². The molecule has 0 unspecified atom stereocenters. The molecule has 0 aliphatic rings. The lowest BCUT2D eigenvalue weighted by molar-refractivity contribution is -0.134. The maximum Gasteiger partial charge on any atom is 0.312 e. The van der Waals surface area contributed by atoms with Crippen LogP contribution in [0, 0.1) is 0 Å². The first kappa shape index (κ1) is 15.7. The van der Waals surface area contributed by atoms with E-state index in [1.54, 1.807) is 24.3 Å². The number of hydrogen-bond acceptors (Lipinski definition) is 4. The van der Waals surface area contributed by atoms with Gasteiger partial charge in [0.2, 0.25) is 5.91 Å². The number of carbonyl (C=O) groups excluding carboxylic acids is 3. The highest BCUT2D eigenvalue weighted by Crippen LogP contribution is 2.19. The van der Waals surface area contributed by atoms with Crippen molar-refractivity contribution in [3.05, 3.63) is 35.9 Å². The molecule has 0 saturated carbocycles. The van der Waals surface area contributed by atoms with Gasteiger partial charge in [-0.25, -0.2) is 0 Å². The molecule has 1 amide bonds. The van der Waals surface area contributed by atoms with Gasteiger partial charge in [-0.1, -0.05) is 18.2 Å². The molecule has 6 heteroatoms. The maximum atomic E-state index is 11.6. The molecule has 0 heterocycles. The molecule has 1 aromatic carbocycles. The molecule has 0 aromatic heterocycles. The normalized spacial score (nSPS) is 10.2. The van der Waals surface area contributed by atoms with Crippen LogP contribution < -0.4 is 10.1 Å². The van der Waals surface area contributed by atoms with Crippen LogP contribution in [-0.4, -0.2) is 32.0 Å². The van der Waals surface area contributed by atoms with E-state index in [0.717, 1.165) is 0 Å². The highest BCUT2D eigenvalue weighted by molar-refractivity contribution is 6.61. The molecule has 0 saturated heterocycles. The summed E-state index contributed by atoms with van der Waals surface area (Å²) >= 11 is 0. The van der Waals surface area contributed by atoms with Gasteiger partial charge in [-0.05, 0) is 18.2 Å². The summed E-state index contributed by atoms with van der Waals surface area (Å²) in [6, 6.07) is 6.75. The summed E-state index contributed by atoms with van der Waals surface area (Å²) < 4.78 is 5.17. The summed E-state index contributed by atoms with van der Waals surface area (Å²) in [7, 11) is 5.01. The number of esters is 1. The van der Waals surface area contributed by atoms with E-state index in [1.807, 2.05) is 0 Å². The van der Waals surface area contributed by atoms with Gasteiger partial charge in [0.05, 0.1) is 12.1 Å². The largest absolute Gasteiger partial charge is 0.426 e. The van der Waals surface area contributed by atoms with Crippen LogP contribution in [0.2, 0.25) is 0 Å². The van der Waals surface area contributed by atoms with E-state index in [4.69, 9.17) is 12.6 Å². The number of benzene rings is 1. The molecule has 0 spiro atoms. The minimum atomic E-state index is -0.586. The van der Waals surface area contributed by atoms with Gasteiger partial charge in [0.15, 0.2) is 7.85 Å². The average molecular weight is 271 g/mol. The summed E-state index contributed by atoms with van der Waals surface area (Å²) in [6.45, 7) is 1.59. The highest BCUT2D eigenvalue weighted by atomic mass is 16.5. The first-order valence-corrected chi connectivity index (χ1v) is 6.00. The number of rotatable bonds is 6. The third kappa shape index (κ3) is 5.99. The lowest BCUT2D eigenvalue weighted by atomic mass is 10.0. The molecule has 102 valence electrons. The summed E-state index contributed by atoms with van der Waals surface area (Å²) in [5.74, 6) is -0.348. The standard InChI is InChI=1S/C14H14BNO4/c1-10(17)16-9-8-14(19)20-12-5-3-2-4-11(12)6-7-13(15)18/h2-7H,8-9H2,1H3,(H,16,17)/b7-6+. The van der Waals surface area contributed by atoms with Gasteiger partial charge in [0, 0.05) is 19.0 Å². The Kier molecular flexibility index (Phi) is 6.23. The molecule has 1 N–H and O–H groups in total. The second-order valence-electron chi connectivity index (χ2n) is 3.98. The molecule has 0 fully saturated rings. The number of allylic oxidation sites excluding steroid dienone is 1. The summed E-state index contributed by atoms with van der Waals surface area (Å²) in [5.41, 5.74) is -0.0176. The topological polar surface area (TPSA) is 72.5 Å². The second kappa shape index (κ2) is 7.94. The zero-order valence-corrected chi connectivity index (χ0v) is 11.1. The monoisotopic (exact) mass is 271 g/mol. The smallest absolute Gasteiger partial charge is 0.312 e. The third-order valence-corrected chi connectivity index (χ3v) is 2.27. The van der Waals surface area contributed by atoms with Crippen molar-refractivity contribution in [1.29, 1.82) is 0 Å². The van der Waals surface area contributed by atoms with Crippen molar-refractivity contribution in [2.75, 3.05) is 6.54 Å². The Hall–Kier alpha value is -2.37. The molecule has 5 nitrogen and oxygen atoms in total. The van der Waals surface area contributed by atoms with Crippen LogP contribution in [0.4, 0.5) is 0 Å². The van der Waals surface area contributed by atoms with Crippen LogP contribution >= 0.6 is 0 Å². The zero-order valence-electron chi connectivity index (χ0n) is 11.1. The first-order valence-electron chi connectivity index (χ1n) is 6.00. The van der Waals surface area contributed by atoms with E-state index >= 15 is 0 Å². The average Bonchev–Trinajstić information content (AvgIpc) is 2.37. The molecule has 0 bridgehead atoms. The quantitative estimate of drug-likeness (QED) is 0.360. The van der Waals surface area contributed by atoms with Crippen molar-refractivity contribution < 1.29 is 19.1 Å². The Morgan fingerprint density at radius 1 is 1.30 bits per heavy atom. The lowest BCUT2D eigenvalue weighted by Crippen LogP contribution is -2.24. The Balaban J connectivity index is 2.65. The SMILES string of the molecule is [B]C(=O)/C=C/c1ccccc1OC(=O)CCNC(C)=O. The van der Waals surface area contributed by atoms with Crippen molar-refractivity contribution in [1.82, 2.24) is 5.32 Å². The molecule has 1 rings (SSSR count). The van der Waals surface area contributed by atoms with Crippen LogP contribution in [0.15, 0.2) is 30.3 Å². The molecular weight excluding hydrogens is 257 g/mol. The van der Waals surface area contributed by atoms with Gasteiger partial charge in [-0.3, -0.25) is 9.59 Å². The zero-order chi connectivity index (χ0) is 15.0. The molecular formula is C14H14BNO4. The summed E-state index contributed by atoms with van der Waals surface area (Å²) in [6.07, 6.45) is 2.72. The molecule has 1 aromatic rings. The number of para-hydroxylation sites is 1. The Morgan fingerprint density at radius 3 is 2.65 bits per heavy atom. The highest BCUT2D eigenvalue weighted by Gasteiger charge is 2.07. The van der Waals surface area contributed by atoms with Crippen molar-refractivity contribution >= 4 is 31.5 Å². The number of nitrogens with one attached hydrogen (secondary N) is 1. The van der Waals surface area contributed by atoms with Crippen LogP contribution in [0.25, 0.3) is 6.08 Å². The van der Waals surface area contributed by atoms with Crippen molar-refractivity contribution in [3.8, 4) is 5.75 Å². The molecule has 0 aliphatic carbocycles. The van der Waals surface area contributed by atoms with Gasteiger partial charge >= 0.3 is 5.97 Å². The van der Waals surface area contributed by atoms with E-state index < -0.39 is 11.7 Å².